The van der Waals surface area contributed by atoms with Crippen LogP contribution in [0.4, 0.5) is 0 Å². The topological polar surface area (TPSA) is 90.2 Å². The summed E-state index contributed by atoms with van der Waals surface area (Å²) in [5.41, 5.74) is 1.55. The van der Waals surface area contributed by atoms with E-state index in [0.717, 1.165) is 29.7 Å². The maximum absolute atomic E-state index is 12.6. The van der Waals surface area contributed by atoms with Crippen LogP contribution >= 0.6 is 0 Å². The molecule has 0 spiro atoms. The van der Waals surface area contributed by atoms with Gasteiger partial charge in [-0.15, -0.1) is 0 Å². The number of rotatable bonds is 8. The predicted octanol–water partition coefficient (Wildman–Crippen LogP) is 4.64. The van der Waals surface area contributed by atoms with Gasteiger partial charge in [0.15, 0.2) is 16.9 Å². The largest absolute Gasteiger partial charge is 0.493 e. The van der Waals surface area contributed by atoms with Crippen molar-refractivity contribution in [1.82, 2.24) is 4.68 Å². The van der Waals surface area contributed by atoms with Crippen molar-refractivity contribution in [3.8, 4) is 28.5 Å². The zero-order valence-electron chi connectivity index (χ0n) is 20.7. The first-order valence-corrected chi connectivity index (χ1v) is 12.1. The summed E-state index contributed by atoms with van der Waals surface area (Å²) in [6.45, 7) is 5.26. The molecule has 1 aromatic heterocycles. The molecule has 0 amide bonds. The lowest BCUT2D eigenvalue weighted by Gasteiger charge is -2.44. The molecular formula is C28H30N2O6. The summed E-state index contributed by atoms with van der Waals surface area (Å²) in [6.07, 6.45) is 3.97. The fraction of sp³-hybridized carbons (Fsp3) is 0.357. The second-order valence-corrected chi connectivity index (χ2v) is 9.75. The Morgan fingerprint density at radius 3 is 2.56 bits per heavy atom. The first-order valence-electron chi connectivity index (χ1n) is 12.1. The van der Waals surface area contributed by atoms with Crippen molar-refractivity contribution in [3.63, 3.8) is 0 Å². The molecule has 0 aliphatic carbocycles. The highest BCUT2D eigenvalue weighted by atomic mass is 16.5. The fourth-order valence-corrected chi connectivity index (χ4v) is 5.23. The second-order valence-electron chi connectivity index (χ2n) is 9.75. The molecule has 1 N–H and O–H groups in total. The number of carboxylic acids is 1. The molecule has 8 nitrogen and oxygen atoms in total. The molecule has 5 rings (SSSR count). The van der Waals surface area contributed by atoms with E-state index in [1.54, 1.807) is 7.11 Å². The first kappa shape index (κ1) is 23.8. The van der Waals surface area contributed by atoms with Crippen LogP contribution in [-0.2, 0) is 0 Å². The number of aromatic carboxylic acids is 1. The number of nitrogens with zero attached hydrogens (tertiary/aromatic N) is 2. The van der Waals surface area contributed by atoms with Crippen LogP contribution in [0, 0.1) is 0 Å². The van der Waals surface area contributed by atoms with Crippen LogP contribution in [-0.4, -0.2) is 41.6 Å². The first-order chi connectivity index (χ1) is 17.3. The van der Waals surface area contributed by atoms with Gasteiger partial charge in [0, 0.05) is 24.2 Å². The van der Waals surface area contributed by atoms with E-state index in [0.29, 0.717) is 36.8 Å². The van der Waals surface area contributed by atoms with Crippen LogP contribution < -0.4 is 24.6 Å². The van der Waals surface area contributed by atoms with Gasteiger partial charge in [0.2, 0.25) is 0 Å². The zero-order chi connectivity index (χ0) is 25.4. The van der Waals surface area contributed by atoms with E-state index in [1.165, 1.54) is 12.3 Å². The Bertz CT molecular complexity index is 1350. The van der Waals surface area contributed by atoms with Crippen molar-refractivity contribution in [1.29, 1.82) is 0 Å². The van der Waals surface area contributed by atoms with E-state index < -0.39 is 11.4 Å². The molecular weight excluding hydrogens is 460 g/mol. The van der Waals surface area contributed by atoms with E-state index in [-0.39, 0.29) is 17.1 Å². The van der Waals surface area contributed by atoms with Crippen molar-refractivity contribution < 1.29 is 24.1 Å². The minimum Gasteiger partial charge on any atom is -0.493 e. The smallest absolute Gasteiger partial charge is 0.341 e. The van der Waals surface area contributed by atoms with Gasteiger partial charge in [-0.1, -0.05) is 18.2 Å². The Hall–Kier alpha value is -3.94. The Kier molecular flexibility index (Phi) is 6.12. The molecule has 188 valence electrons. The monoisotopic (exact) mass is 490 g/mol. The molecule has 1 saturated heterocycles. The SMILES string of the molecule is COc1cc2c(cc1OCCCOc1ccccc1)[C@H]1CCC(C)(C)N1n1cc(C(=O)O)c(=O)cc1-2. The van der Waals surface area contributed by atoms with Crippen LogP contribution in [0.5, 0.6) is 17.2 Å². The van der Waals surface area contributed by atoms with Gasteiger partial charge in [0.05, 0.1) is 37.6 Å². The number of methoxy groups -OCH3 is 1. The van der Waals surface area contributed by atoms with Gasteiger partial charge in [-0.2, -0.15) is 0 Å². The van der Waals surface area contributed by atoms with Gasteiger partial charge in [0.1, 0.15) is 11.3 Å². The summed E-state index contributed by atoms with van der Waals surface area (Å²) in [5.74, 6) is 0.795. The fourth-order valence-electron chi connectivity index (χ4n) is 5.23. The number of carboxylic acid groups (broad SMARTS) is 1. The Balaban J connectivity index is 1.46. The predicted molar refractivity (Wildman–Crippen MR) is 136 cm³/mol. The minimum atomic E-state index is -1.23. The zero-order valence-corrected chi connectivity index (χ0v) is 20.7. The van der Waals surface area contributed by atoms with Gasteiger partial charge >= 0.3 is 5.97 Å². The molecule has 3 heterocycles. The third kappa shape index (κ3) is 4.17. The molecule has 0 radical (unpaired) electrons. The number of benzene rings is 2. The lowest BCUT2D eigenvalue weighted by atomic mass is 9.93. The highest BCUT2D eigenvalue weighted by molar-refractivity contribution is 5.88. The number of carbonyl (C=O) groups is 1. The lowest BCUT2D eigenvalue weighted by Crippen LogP contribution is -2.50. The molecule has 0 unspecified atom stereocenters. The van der Waals surface area contributed by atoms with Crippen LogP contribution in [0.1, 0.15) is 55.1 Å². The highest BCUT2D eigenvalue weighted by Gasteiger charge is 2.45. The Morgan fingerprint density at radius 2 is 1.83 bits per heavy atom. The van der Waals surface area contributed by atoms with Crippen LogP contribution in [0.25, 0.3) is 11.3 Å². The number of para-hydroxylation sites is 1. The second kappa shape index (κ2) is 9.26. The molecule has 3 aromatic rings. The van der Waals surface area contributed by atoms with Gasteiger partial charge in [0.25, 0.3) is 0 Å². The van der Waals surface area contributed by atoms with Crippen LogP contribution in [0.3, 0.4) is 0 Å². The number of pyridine rings is 1. The van der Waals surface area contributed by atoms with E-state index >= 15 is 0 Å². The maximum Gasteiger partial charge on any atom is 0.341 e. The third-order valence-electron chi connectivity index (χ3n) is 6.97. The quantitative estimate of drug-likeness (QED) is 0.460. The molecule has 2 aliphatic heterocycles. The van der Waals surface area contributed by atoms with Crippen molar-refractivity contribution in [2.45, 2.75) is 44.7 Å². The molecule has 0 saturated carbocycles. The Morgan fingerprint density at radius 1 is 1.08 bits per heavy atom. The number of aromatic nitrogens is 1. The molecule has 1 atom stereocenters. The lowest BCUT2D eigenvalue weighted by molar-refractivity contribution is 0.0694. The van der Waals surface area contributed by atoms with Crippen LogP contribution in [0.2, 0.25) is 0 Å². The van der Waals surface area contributed by atoms with Gasteiger partial charge < -0.3 is 19.3 Å². The van der Waals surface area contributed by atoms with Gasteiger partial charge in [-0.3, -0.25) is 14.5 Å². The highest BCUT2D eigenvalue weighted by Crippen LogP contribution is 2.50. The van der Waals surface area contributed by atoms with E-state index in [2.05, 4.69) is 18.9 Å². The van der Waals surface area contributed by atoms with Crippen molar-refractivity contribution >= 4 is 5.97 Å². The third-order valence-corrected chi connectivity index (χ3v) is 6.97. The summed E-state index contributed by atoms with van der Waals surface area (Å²) in [7, 11) is 1.58. The summed E-state index contributed by atoms with van der Waals surface area (Å²) in [5, 5.41) is 11.7. The Labute approximate surface area is 209 Å². The van der Waals surface area contributed by atoms with E-state index in [9.17, 15) is 14.7 Å². The van der Waals surface area contributed by atoms with E-state index in [4.69, 9.17) is 14.2 Å². The normalized spacial score (nSPS) is 17.1. The number of hydrogen-bond acceptors (Lipinski definition) is 6. The van der Waals surface area contributed by atoms with Crippen LogP contribution in [0.15, 0.2) is 59.5 Å². The number of hydrogen-bond donors (Lipinski definition) is 1. The van der Waals surface area contributed by atoms with Crippen molar-refractivity contribution in [2.75, 3.05) is 25.3 Å². The molecule has 2 aliphatic rings. The summed E-state index contributed by atoms with van der Waals surface area (Å²) < 4.78 is 19.4. The molecule has 0 bridgehead atoms. The molecule has 2 aromatic carbocycles. The minimum absolute atomic E-state index is 0.0151. The number of fused-ring (bicyclic) bond motifs is 6. The average Bonchev–Trinajstić information content (AvgIpc) is 3.19. The summed E-state index contributed by atoms with van der Waals surface area (Å²) in [4.78, 5) is 24.3. The van der Waals surface area contributed by atoms with Crippen molar-refractivity contribution in [3.05, 3.63) is 76.1 Å². The van der Waals surface area contributed by atoms with E-state index in [1.807, 2.05) is 47.1 Å². The summed E-state index contributed by atoms with van der Waals surface area (Å²) >= 11 is 0. The average molecular weight is 491 g/mol. The van der Waals surface area contributed by atoms with Gasteiger partial charge in [-0.05, 0) is 56.5 Å². The summed E-state index contributed by atoms with van der Waals surface area (Å²) in [6, 6.07) is 15.0. The molecule has 36 heavy (non-hydrogen) atoms. The van der Waals surface area contributed by atoms with Crippen molar-refractivity contribution in [2.24, 2.45) is 0 Å². The van der Waals surface area contributed by atoms with Gasteiger partial charge in [-0.25, -0.2) is 4.79 Å². The molecule has 1 fully saturated rings. The maximum atomic E-state index is 12.6. The number of ether oxygens (including phenoxy) is 3. The molecule has 8 heteroatoms. The standard InChI is InChI=1S/C28H30N2O6/c1-28(2)11-10-22-19-15-26(36-13-7-12-35-18-8-5-4-6-9-18)25(34-3)14-20(19)23-16-24(31)21(27(32)33)17-29(23)30(22)28/h4-6,8-9,14-17,22H,7,10-13H2,1-3H3,(H,32,33)/t22-/m1/s1.